The SMILES string of the molecule is CC(=O)CC(=O)CC1(O)CCCCC1. The van der Waals surface area contributed by atoms with E-state index in [1.54, 1.807) is 0 Å². The Hall–Kier alpha value is -0.700. The van der Waals surface area contributed by atoms with Gasteiger partial charge in [-0.05, 0) is 19.8 Å². The van der Waals surface area contributed by atoms with Crippen LogP contribution in [0.25, 0.3) is 0 Å². The molecule has 0 spiro atoms. The van der Waals surface area contributed by atoms with Crippen LogP contribution in [-0.2, 0) is 9.59 Å². The number of ketones is 2. The van der Waals surface area contributed by atoms with E-state index in [-0.39, 0.29) is 24.4 Å². The van der Waals surface area contributed by atoms with Gasteiger partial charge in [0.1, 0.15) is 11.6 Å². The van der Waals surface area contributed by atoms with Crippen molar-refractivity contribution in [1.82, 2.24) is 0 Å². The summed E-state index contributed by atoms with van der Waals surface area (Å²) in [5, 5.41) is 10.0. The highest BCUT2D eigenvalue weighted by Gasteiger charge is 2.31. The Balaban J connectivity index is 2.41. The first-order valence-corrected chi connectivity index (χ1v) is 5.25. The largest absolute Gasteiger partial charge is 0.389 e. The van der Waals surface area contributed by atoms with Crippen molar-refractivity contribution < 1.29 is 14.7 Å². The van der Waals surface area contributed by atoms with Crippen molar-refractivity contribution in [2.24, 2.45) is 0 Å². The minimum atomic E-state index is -0.815. The summed E-state index contributed by atoms with van der Waals surface area (Å²) in [5.74, 6) is -0.240. The summed E-state index contributed by atoms with van der Waals surface area (Å²) >= 11 is 0. The Bertz CT molecular complexity index is 227. The van der Waals surface area contributed by atoms with Gasteiger partial charge in [-0.1, -0.05) is 19.3 Å². The Labute approximate surface area is 84.5 Å². The average Bonchev–Trinajstić information content (AvgIpc) is 2.02. The number of hydrogen-bond acceptors (Lipinski definition) is 3. The molecule has 1 aliphatic rings. The lowest BCUT2D eigenvalue weighted by atomic mass is 9.81. The molecule has 1 fully saturated rings. The number of aliphatic hydroxyl groups is 1. The molecule has 1 rings (SSSR count). The highest BCUT2D eigenvalue weighted by Crippen LogP contribution is 2.31. The molecular weight excluding hydrogens is 180 g/mol. The highest BCUT2D eigenvalue weighted by molar-refractivity contribution is 5.98. The van der Waals surface area contributed by atoms with Gasteiger partial charge >= 0.3 is 0 Å². The van der Waals surface area contributed by atoms with Gasteiger partial charge in [-0.15, -0.1) is 0 Å². The van der Waals surface area contributed by atoms with Crippen LogP contribution < -0.4 is 0 Å². The molecule has 80 valence electrons. The fourth-order valence-electron chi connectivity index (χ4n) is 2.09. The third kappa shape index (κ3) is 3.58. The molecular formula is C11H18O3. The second-order valence-electron chi connectivity index (χ2n) is 4.38. The van der Waals surface area contributed by atoms with E-state index in [9.17, 15) is 14.7 Å². The second kappa shape index (κ2) is 4.69. The first kappa shape index (κ1) is 11.4. The Morgan fingerprint density at radius 1 is 1.21 bits per heavy atom. The molecule has 0 bridgehead atoms. The van der Waals surface area contributed by atoms with Crippen LogP contribution in [0.5, 0.6) is 0 Å². The van der Waals surface area contributed by atoms with Gasteiger partial charge in [-0.3, -0.25) is 9.59 Å². The standard InChI is InChI=1S/C11H18O3/c1-9(12)7-10(13)8-11(14)5-3-2-4-6-11/h14H,2-8H2,1H3. The molecule has 0 aromatic carbocycles. The number of hydrogen-bond donors (Lipinski definition) is 1. The van der Waals surface area contributed by atoms with E-state index in [1.807, 2.05) is 0 Å². The maximum absolute atomic E-state index is 11.3. The average molecular weight is 198 g/mol. The van der Waals surface area contributed by atoms with Gasteiger partial charge in [0.2, 0.25) is 0 Å². The maximum Gasteiger partial charge on any atom is 0.143 e. The van der Waals surface area contributed by atoms with Crippen LogP contribution >= 0.6 is 0 Å². The maximum atomic E-state index is 11.3. The molecule has 0 radical (unpaired) electrons. The molecule has 0 aliphatic heterocycles. The molecule has 0 unspecified atom stereocenters. The zero-order valence-corrected chi connectivity index (χ0v) is 8.71. The summed E-state index contributed by atoms with van der Waals surface area (Å²) in [4.78, 5) is 22.0. The molecule has 0 aromatic rings. The first-order chi connectivity index (χ1) is 6.52. The van der Waals surface area contributed by atoms with Gasteiger partial charge in [0.25, 0.3) is 0 Å². The van der Waals surface area contributed by atoms with Crippen LogP contribution in [0.4, 0.5) is 0 Å². The molecule has 0 saturated heterocycles. The number of Topliss-reactive ketones (excluding diaryl/α,β-unsaturated/α-hetero) is 2. The number of carbonyl (C=O) groups excluding carboxylic acids is 2. The van der Waals surface area contributed by atoms with Crippen molar-refractivity contribution in [3.8, 4) is 0 Å². The quantitative estimate of drug-likeness (QED) is 0.698. The van der Waals surface area contributed by atoms with E-state index in [1.165, 1.54) is 6.92 Å². The molecule has 3 nitrogen and oxygen atoms in total. The van der Waals surface area contributed by atoms with E-state index < -0.39 is 5.60 Å². The lowest BCUT2D eigenvalue weighted by Gasteiger charge is -2.31. The molecule has 0 aromatic heterocycles. The monoisotopic (exact) mass is 198 g/mol. The topological polar surface area (TPSA) is 54.4 Å². The molecule has 0 heterocycles. The van der Waals surface area contributed by atoms with Gasteiger partial charge in [0, 0.05) is 6.42 Å². The van der Waals surface area contributed by atoms with Crippen molar-refractivity contribution in [3.05, 3.63) is 0 Å². The van der Waals surface area contributed by atoms with E-state index in [2.05, 4.69) is 0 Å². The van der Waals surface area contributed by atoms with Crippen LogP contribution in [0, 0.1) is 0 Å². The summed E-state index contributed by atoms with van der Waals surface area (Å²) in [6.07, 6.45) is 4.67. The van der Waals surface area contributed by atoms with Crippen LogP contribution in [-0.4, -0.2) is 22.3 Å². The molecule has 1 saturated carbocycles. The third-order valence-corrected chi connectivity index (χ3v) is 2.76. The van der Waals surface area contributed by atoms with Crippen molar-refractivity contribution >= 4 is 11.6 Å². The predicted molar refractivity (Wildman–Crippen MR) is 53.0 cm³/mol. The fourth-order valence-corrected chi connectivity index (χ4v) is 2.09. The summed E-state index contributed by atoms with van der Waals surface area (Å²) < 4.78 is 0. The van der Waals surface area contributed by atoms with Crippen LogP contribution in [0.3, 0.4) is 0 Å². The molecule has 1 aliphatic carbocycles. The summed E-state index contributed by atoms with van der Waals surface area (Å²) in [6.45, 7) is 1.41. The lowest BCUT2D eigenvalue weighted by Crippen LogP contribution is -2.34. The Kier molecular flexibility index (Phi) is 3.81. The lowest BCUT2D eigenvalue weighted by molar-refractivity contribution is -0.129. The number of carbonyl (C=O) groups is 2. The van der Waals surface area contributed by atoms with Gasteiger partial charge in [0.05, 0.1) is 12.0 Å². The van der Waals surface area contributed by atoms with Crippen molar-refractivity contribution in [3.63, 3.8) is 0 Å². The zero-order chi connectivity index (χ0) is 10.6. The third-order valence-electron chi connectivity index (χ3n) is 2.76. The Morgan fingerprint density at radius 2 is 1.79 bits per heavy atom. The van der Waals surface area contributed by atoms with Gasteiger partial charge < -0.3 is 5.11 Å². The van der Waals surface area contributed by atoms with Crippen LogP contribution in [0.2, 0.25) is 0 Å². The summed E-state index contributed by atoms with van der Waals surface area (Å²) in [7, 11) is 0. The zero-order valence-electron chi connectivity index (χ0n) is 8.71. The second-order valence-corrected chi connectivity index (χ2v) is 4.38. The molecule has 1 N–H and O–H groups in total. The summed E-state index contributed by atoms with van der Waals surface area (Å²) in [6, 6.07) is 0. The fraction of sp³-hybridized carbons (Fsp3) is 0.818. The predicted octanol–water partition coefficient (Wildman–Crippen LogP) is 1.62. The van der Waals surface area contributed by atoms with Crippen molar-refractivity contribution in [1.29, 1.82) is 0 Å². The first-order valence-electron chi connectivity index (χ1n) is 5.25. The molecule has 14 heavy (non-hydrogen) atoms. The highest BCUT2D eigenvalue weighted by atomic mass is 16.3. The van der Waals surface area contributed by atoms with Crippen molar-refractivity contribution in [2.45, 2.75) is 57.5 Å². The smallest absolute Gasteiger partial charge is 0.143 e. The molecule has 0 atom stereocenters. The van der Waals surface area contributed by atoms with Gasteiger partial charge in [0.15, 0.2) is 0 Å². The van der Waals surface area contributed by atoms with E-state index in [4.69, 9.17) is 0 Å². The molecule has 0 amide bonds. The normalized spacial score (nSPS) is 20.4. The van der Waals surface area contributed by atoms with E-state index in [0.717, 1.165) is 19.3 Å². The van der Waals surface area contributed by atoms with Gasteiger partial charge in [-0.2, -0.15) is 0 Å². The number of rotatable bonds is 4. The van der Waals surface area contributed by atoms with Crippen LogP contribution in [0.1, 0.15) is 51.9 Å². The van der Waals surface area contributed by atoms with Crippen molar-refractivity contribution in [2.75, 3.05) is 0 Å². The molecule has 3 heteroatoms. The van der Waals surface area contributed by atoms with Crippen LogP contribution in [0.15, 0.2) is 0 Å². The Morgan fingerprint density at radius 3 is 2.29 bits per heavy atom. The van der Waals surface area contributed by atoms with E-state index in [0.29, 0.717) is 12.8 Å². The minimum absolute atomic E-state index is 0.0255. The minimum Gasteiger partial charge on any atom is -0.389 e. The van der Waals surface area contributed by atoms with Gasteiger partial charge in [-0.25, -0.2) is 0 Å². The summed E-state index contributed by atoms with van der Waals surface area (Å²) in [5.41, 5.74) is -0.815. The van der Waals surface area contributed by atoms with E-state index >= 15 is 0 Å².